The van der Waals surface area contributed by atoms with Crippen LogP contribution in [-0.2, 0) is 0 Å². The fraction of sp³-hybridized carbons (Fsp3) is 0.333. The first-order valence-electron chi connectivity index (χ1n) is 5.02. The summed E-state index contributed by atoms with van der Waals surface area (Å²) in [6.07, 6.45) is -0.552. The second-order valence-electron chi connectivity index (χ2n) is 3.43. The van der Waals surface area contributed by atoms with Crippen molar-refractivity contribution >= 4 is 23.2 Å². The molecule has 17 heavy (non-hydrogen) atoms. The summed E-state index contributed by atoms with van der Waals surface area (Å²) in [4.78, 5) is 0. The summed E-state index contributed by atoms with van der Waals surface area (Å²) < 4.78 is 10.6. The summed E-state index contributed by atoms with van der Waals surface area (Å²) in [5.41, 5.74) is 2.01. The lowest BCUT2D eigenvalue weighted by molar-refractivity contribution is 0.198. The van der Waals surface area contributed by atoms with Gasteiger partial charge in [0, 0.05) is 5.54 Å². The van der Waals surface area contributed by atoms with Crippen molar-refractivity contribution in [2.75, 3.05) is 13.7 Å². The minimum atomic E-state index is -0.552. The van der Waals surface area contributed by atoms with Gasteiger partial charge in [0.25, 0.3) is 0 Å². The third-order valence-electron chi connectivity index (χ3n) is 2.15. The van der Waals surface area contributed by atoms with Crippen molar-refractivity contribution < 1.29 is 14.6 Å². The quantitative estimate of drug-likeness (QED) is 0.895. The molecule has 0 saturated heterocycles. The molecular weight excluding hydrogens is 263 g/mol. The van der Waals surface area contributed by atoms with Crippen LogP contribution in [0.4, 0.5) is 0 Å². The number of hydrogen-bond donors (Lipinski definition) is 1. The maximum atomic E-state index is 9.45. The lowest BCUT2D eigenvalue weighted by Crippen LogP contribution is -2.00. The lowest BCUT2D eigenvalue weighted by atomic mass is 10.1. The Kier molecular flexibility index (Phi) is 5.62. The van der Waals surface area contributed by atoms with Crippen LogP contribution in [-0.4, -0.2) is 18.8 Å². The molecule has 0 bridgehead atoms. The highest BCUT2D eigenvalue weighted by molar-refractivity contribution is 6.36. The van der Waals surface area contributed by atoms with E-state index in [1.807, 2.05) is 0 Å². The number of ether oxygens (including phenoxy) is 2. The van der Waals surface area contributed by atoms with E-state index in [0.717, 1.165) is 5.56 Å². The van der Waals surface area contributed by atoms with Gasteiger partial charge in [-0.2, -0.15) is 0 Å². The van der Waals surface area contributed by atoms with E-state index in [2.05, 4.69) is 0 Å². The van der Waals surface area contributed by atoms with Gasteiger partial charge in [0.1, 0.15) is 6.61 Å². The van der Waals surface area contributed by atoms with Gasteiger partial charge < -0.3 is 14.6 Å². The topological polar surface area (TPSA) is 38.7 Å². The first kappa shape index (κ1) is 14.2. The molecule has 3 nitrogen and oxygen atoms in total. The van der Waals surface area contributed by atoms with Crippen molar-refractivity contribution in [3.8, 4) is 11.5 Å². The van der Waals surface area contributed by atoms with Crippen LogP contribution < -0.4 is 9.47 Å². The zero-order chi connectivity index (χ0) is 12.8. The van der Waals surface area contributed by atoms with E-state index in [4.69, 9.17) is 32.7 Å². The Morgan fingerprint density at radius 3 is 2.71 bits per heavy atom. The zero-order valence-corrected chi connectivity index (χ0v) is 11.1. The molecule has 0 radical (unpaired) electrons. The second kappa shape index (κ2) is 6.74. The molecule has 0 saturated carbocycles. The third-order valence-corrected chi connectivity index (χ3v) is 2.75. The van der Waals surface area contributed by atoms with Crippen molar-refractivity contribution in [1.29, 1.82) is 0 Å². The fourth-order valence-corrected chi connectivity index (χ4v) is 1.36. The van der Waals surface area contributed by atoms with Crippen molar-refractivity contribution in [3.63, 3.8) is 0 Å². The summed E-state index contributed by atoms with van der Waals surface area (Å²) >= 11 is 11.1. The van der Waals surface area contributed by atoms with Gasteiger partial charge in [0.05, 0.1) is 18.2 Å². The SMILES string of the molecule is COc1cc(C(C)O)ccc1OCC(Cl)=CCl. The molecule has 0 aliphatic carbocycles. The van der Waals surface area contributed by atoms with E-state index in [9.17, 15) is 5.11 Å². The van der Waals surface area contributed by atoms with Crippen molar-refractivity contribution in [2.45, 2.75) is 13.0 Å². The number of aliphatic hydroxyl groups excluding tert-OH is 1. The molecule has 0 spiro atoms. The molecule has 0 fully saturated rings. The van der Waals surface area contributed by atoms with Crippen LogP contribution in [0.2, 0.25) is 0 Å². The Morgan fingerprint density at radius 2 is 2.18 bits per heavy atom. The molecular formula is C12H14Cl2O3. The molecule has 1 N–H and O–H groups in total. The van der Waals surface area contributed by atoms with Crippen LogP contribution in [0.25, 0.3) is 0 Å². The maximum Gasteiger partial charge on any atom is 0.161 e. The largest absolute Gasteiger partial charge is 0.493 e. The smallest absolute Gasteiger partial charge is 0.161 e. The third kappa shape index (κ3) is 4.11. The van der Waals surface area contributed by atoms with Gasteiger partial charge in [-0.15, -0.1) is 0 Å². The maximum absolute atomic E-state index is 9.45. The normalized spacial score (nSPS) is 13.4. The predicted octanol–water partition coefficient (Wildman–Crippen LogP) is 3.45. The van der Waals surface area contributed by atoms with E-state index >= 15 is 0 Å². The minimum Gasteiger partial charge on any atom is -0.493 e. The summed E-state index contributed by atoms with van der Waals surface area (Å²) in [7, 11) is 1.53. The minimum absolute atomic E-state index is 0.176. The monoisotopic (exact) mass is 276 g/mol. The van der Waals surface area contributed by atoms with Crippen molar-refractivity contribution in [1.82, 2.24) is 0 Å². The molecule has 1 rings (SSSR count). The van der Waals surface area contributed by atoms with Gasteiger partial charge in [-0.25, -0.2) is 0 Å². The zero-order valence-electron chi connectivity index (χ0n) is 9.61. The highest BCUT2D eigenvalue weighted by atomic mass is 35.5. The Morgan fingerprint density at radius 1 is 1.47 bits per heavy atom. The molecule has 1 aromatic carbocycles. The molecule has 94 valence electrons. The Labute approximate surface area is 111 Å². The van der Waals surface area contributed by atoms with E-state index in [1.54, 1.807) is 25.1 Å². The number of methoxy groups -OCH3 is 1. The number of benzene rings is 1. The average Bonchev–Trinajstić information content (AvgIpc) is 2.35. The molecule has 0 aliphatic heterocycles. The predicted molar refractivity (Wildman–Crippen MR) is 68.9 cm³/mol. The first-order chi connectivity index (χ1) is 8.08. The average molecular weight is 277 g/mol. The molecule has 0 heterocycles. The number of rotatable bonds is 5. The van der Waals surface area contributed by atoms with E-state index in [-0.39, 0.29) is 6.61 Å². The second-order valence-corrected chi connectivity index (χ2v) is 4.13. The van der Waals surface area contributed by atoms with Gasteiger partial charge in [-0.05, 0) is 24.6 Å². The molecule has 1 aromatic rings. The standard InChI is InChI=1S/C12H14Cl2O3/c1-8(15)9-3-4-11(12(5-9)16-2)17-7-10(14)6-13/h3-6,8,15H,7H2,1-2H3. The highest BCUT2D eigenvalue weighted by Crippen LogP contribution is 2.30. The van der Waals surface area contributed by atoms with Gasteiger partial charge >= 0.3 is 0 Å². The molecule has 5 heteroatoms. The van der Waals surface area contributed by atoms with Gasteiger partial charge in [0.2, 0.25) is 0 Å². The molecule has 1 atom stereocenters. The van der Waals surface area contributed by atoms with Crippen molar-refractivity contribution in [3.05, 3.63) is 34.3 Å². The van der Waals surface area contributed by atoms with Gasteiger partial charge in [0.15, 0.2) is 11.5 Å². The Bertz CT molecular complexity index is 403. The van der Waals surface area contributed by atoms with Crippen LogP contribution in [0.15, 0.2) is 28.8 Å². The fourth-order valence-electron chi connectivity index (χ4n) is 1.24. The molecule has 0 aliphatic rings. The van der Waals surface area contributed by atoms with Crippen LogP contribution in [0.1, 0.15) is 18.6 Å². The summed E-state index contributed by atoms with van der Waals surface area (Å²) in [5.74, 6) is 1.09. The van der Waals surface area contributed by atoms with Gasteiger partial charge in [-0.3, -0.25) is 0 Å². The number of halogens is 2. The number of aliphatic hydroxyl groups is 1. The summed E-state index contributed by atoms with van der Waals surface area (Å²) in [6.45, 7) is 1.86. The van der Waals surface area contributed by atoms with Crippen LogP contribution in [0.5, 0.6) is 11.5 Å². The van der Waals surface area contributed by atoms with E-state index in [0.29, 0.717) is 16.5 Å². The highest BCUT2D eigenvalue weighted by Gasteiger charge is 2.09. The van der Waals surface area contributed by atoms with E-state index < -0.39 is 6.10 Å². The molecule has 0 aromatic heterocycles. The molecule has 1 unspecified atom stereocenters. The Balaban J connectivity index is 2.85. The van der Waals surface area contributed by atoms with Crippen molar-refractivity contribution in [2.24, 2.45) is 0 Å². The number of hydrogen-bond acceptors (Lipinski definition) is 3. The van der Waals surface area contributed by atoms with Gasteiger partial charge in [-0.1, -0.05) is 29.3 Å². The molecule has 0 amide bonds. The van der Waals surface area contributed by atoms with Crippen LogP contribution >= 0.6 is 23.2 Å². The first-order valence-corrected chi connectivity index (χ1v) is 5.83. The van der Waals surface area contributed by atoms with Crippen LogP contribution in [0.3, 0.4) is 0 Å². The van der Waals surface area contributed by atoms with Crippen LogP contribution in [0, 0.1) is 0 Å². The Hall–Kier alpha value is -0.900. The lowest BCUT2D eigenvalue weighted by Gasteiger charge is -2.12. The van der Waals surface area contributed by atoms with E-state index in [1.165, 1.54) is 12.6 Å². The summed E-state index contributed by atoms with van der Waals surface area (Å²) in [6, 6.07) is 5.21. The summed E-state index contributed by atoms with van der Waals surface area (Å²) in [5, 5.41) is 9.84.